The number of aromatic nitrogens is 3. The Hall–Kier alpha value is -2.66. The summed E-state index contributed by atoms with van der Waals surface area (Å²) in [5.74, 6) is 0.633. The number of benzene rings is 2. The molecule has 0 spiro atoms. The largest absolute Gasteiger partial charge is 0.494 e. The van der Waals surface area contributed by atoms with Crippen LogP contribution in [-0.2, 0) is 0 Å². The van der Waals surface area contributed by atoms with Gasteiger partial charge in [-0.05, 0) is 24.3 Å². The smallest absolute Gasteiger partial charge is 0.172 e. The van der Waals surface area contributed by atoms with E-state index in [-0.39, 0.29) is 5.69 Å². The first kappa shape index (κ1) is 14.3. The number of nitrogens with zero attached hydrogens (tertiary/aromatic N) is 3. The molecule has 0 saturated heterocycles. The maximum absolute atomic E-state index is 11.3. The van der Waals surface area contributed by atoms with E-state index in [1.165, 1.54) is 0 Å². The van der Waals surface area contributed by atoms with Crippen molar-refractivity contribution in [1.82, 2.24) is 15.0 Å². The van der Waals surface area contributed by atoms with Gasteiger partial charge >= 0.3 is 0 Å². The number of methoxy groups -OCH3 is 1. The molecule has 6 heteroatoms. The second-order valence-corrected chi connectivity index (χ2v) is 4.97. The highest BCUT2D eigenvalue weighted by Gasteiger charge is 2.18. The van der Waals surface area contributed by atoms with Gasteiger partial charge in [0.1, 0.15) is 17.1 Å². The first-order valence-electron chi connectivity index (χ1n) is 6.55. The third-order valence-electron chi connectivity index (χ3n) is 3.22. The number of halogens is 1. The van der Waals surface area contributed by atoms with Gasteiger partial charge in [0, 0.05) is 10.6 Å². The zero-order valence-electron chi connectivity index (χ0n) is 11.7. The van der Waals surface area contributed by atoms with E-state index < -0.39 is 0 Å². The Labute approximate surface area is 132 Å². The molecule has 0 radical (unpaired) electrons. The Kier molecular flexibility index (Phi) is 3.89. The van der Waals surface area contributed by atoms with Gasteiger partial charge in [-0.25, -0.2) is 4.68 Å². The molecule has 5 nitrogen and oxygen atoms in total. The van der Waals surface area contributed by atoms with E-state index in [9.17, 15) is 4.79 Å². The summed E-state index contributed by atoms with van der Waals surface area (Å²) in [5, 5.41) is 8.59. The predicted molar refractivity (Wildman–Crippen MR) is 83.7 cm³/mol. The highest BCUT2D eigenvalue weighted by molar-refractivity contribution is 6.30. The molecule has 0 atom stereocenters. The van der Waals surface area contributed by atoms with Crippen molar-refractivity contribution in [3.05, 3.63) is 59.2 Å². The molecule has 0 aliphatic carbocycles. The Balaban J connectivity index is 2.26. The van der Waals surface area contributed by atoms with Gasteiger partial charge in [0.15, 0.2) is 12.0 Å². The van der Waals surface area contributed by atoms with Gasteiger partial charge in [0.25, 0.3) is 0 Å². The molecule has 0 aliphatic heterocycles. The number of carbonyl (C=O) groups excluding carboxylic acids is 1. The molecule has 0 fully saturated rings. The Bertz CT molecular complexity index is 830. The molecule has 0 unspecified atom stereocenters. The fraction of sp³-hybridized carbons (Fsp3) is 0.0625. The molecule has 3 aromatic rings. The van der Waals surface area contributed by atoms with Gasteiger partial charge in [-0.3, -0.25) is 4.79 Å². The number of ether oxygens (including phenoxy) is 1. The van der Waals surface area contributed by atoms with Gasteiger partial charge < -0.3 is 4.74 Å². The minimum atomic E-state index is 0.244. The number of aldehydes is 1. The third kappa shape index (κ3) is 2.46. The van der Waals surface area contributed by atoms with Crippen molar-refractivity contribution < 1.29 is 9.53 Å². The maximum atomic E-state index is 11.3. The standard InChI is InChI=1S/C16H12ClN3O2/c1-22-15-8-3-2-7-14(15)20-16(13(10-21)18-19-20)11-5-4-6-12(17)9-11/h2-10H,1H3. The summed E-state index contributed by atoms with van der Waals surface area (Å²) in [6.45, 7) is 0. The van der Waals surface area contributed by atoms with E-state index in [2.05, 4.69) is 10.3 Å². The average molecular weight is 314 g/mol. The van der Waals surface area contributed by atoms with Crippen molar-refractivity contribution in [1.29, 1.82) is 0 Å². The monoisotopic (exact) mass is 313 g/mol. The van der Waals surface area contributed by atoms with Gasteiger partial charge in [0.05, 0.1) is 7.11 Å². The molecular weight excluding hydrogens is 302 g/mol. The van der Waals surface area contributed by atoms with Crippen molar-refractivity contribution in [3.8, 4) is 22.7 Å². The number of hydrogen-bond donors (Lipinski definition) is 0. The van der Waals surface area contributed by atoms with Crippen LogP contribution in [0, 0.1) is 0 Å². The minimum absolute atomic E-state index is 0.244. The van der Waals surface area contributed by atoms with E-state index in [4.69, 9.17) is 16.3 Å². The normalized spacial score (nSPS) is 10.5. The first-order valence-corrected chi connectivity index (χ1v) is 6.92. The van der Waals surface area contributed by atoms with Crippen molar-refractivity contribution >= 4 is 17.9 Å². The number of carbonyl (C=O) groups is 1. The lowest BCUT2D eigenvalue weighted by atomic mass is 10.1. The van der Waals surface area contributed by atoms with Crippen molar-refractivity contribution in [3.63, 3.8) is 0 Å². The first-order chi connectivity index (χ1) is 10.7. The van der Waals surface area contributed by atoms with Crippen LogP contribution in [0.1, 0.15) is 10.5 Å². The van der Waals surface area contributed by atoms with E-state index in [1.54, 1.807) is 23.9 Å². The number of hydrogen-bond acceptors (Lipinski definition) is 4. The van der Waals surface area contributed by atoms with Crippen LogP contribution in [0.5, 0.6) is 5.75 Å². The van der Waals surface area contributed by atoms with E-state index in [0.29, 0.717) is 28.4 Å². The lowest BCUT2D eigenvalue weighted by Gasteiger charge is -2.11. The fourth-order valence-corrected chi connectivity index (χ4v) is 2.44. The SMILES string of the molecule is COc1ccccc1-n1nnc(C=O)c1-c1cccc(Cl)c1. The van der Waals surface area contributed by atoms with Crippen LogP contribution >= 0.6 is 11.6 Å². The molecule has 0 N–H and O–H groups in total. The predicted octanol–water partition coefficient (Wildman–Crippen LogP) is 3.41. The molecule has 1 aromatic heterocycles. The summed E-state index contributed by atoms with van der Waals surface area (Å²) in [6, 6.07) is 14.6. The van der Waals surface area contributed by atoms with Crippen LogP contribution in [-0.4, -0.2) is 28.4 Å². The Morgan fingerprint density at radius 2 is 2.00 bits per heavy atom. The van der Waals surface area contributed by atoms with Crippen LogP contribution in [0.25, 0.3) is 16.9 Å². The molecular formula is C16H12ClN3O2. The van der Waals surface area contributed by atoms with E-state index >= 15 is 0 Å². The van der Waals surface area contributed by atoms with Gasteiger partial charge in [-0.2, -0.15) is 0 Å². The summed E-state index contributed by atoms with van der Waals surface area (Å²) in [6.07, 6.45) is 0.676. The maximum Gasteiger partial charge on any atom is 0.172 e. The molecule has 110 valence electrons. The summed E-state index contributed by atoms with van der Waals surface area (Å²) in [5.41, 5.74) is 2.27. The second kappa shape index (κ2) is 5.99. The topological polar surface area (TPSA) is 57.0 Å². The molecule has 3 rings (SSSR count). The van der Waals surface area contributed by atoms with Crippen LogP contribution in [0.15, 0.2) is 48.5 Å². The zero-order chi connectivity index (χ0) is 15.5. The third-order valence-corrected chi connectivity index (χ3v) is 3.45. The van der Waals surface area contributed by atoms with Crippen LogP contribution in [0.2, 0.25) is 5.02 Å². The molecule has 1 heterocycles. The summed E-state index contributed by atoms with van der Waals surface area (Å²) < 4.78 is 6.93. The molecule has 0 amide bonds. The number of rotatable bonds is 4. The lowest BCUT2D eigenvalue weighted by molar-refractivity contribution is 0.111. The summed E-state index contributed by atoms with van der Waals surface area (Å²) >= 11 is 6.05. The number of para-hydroxylation sites is 2. The zero-order valence-corrected chi connectivity index (χ0v) is 12.5. The van der Waals surface area contributed by atoms with Crippen molar-refractivity contribution in [2.24, 2.45) is 0 Å². The summed E-state index contributed by atoms with van der Waals surface area (Å²) in [4.78, 5) is 11.3. The van der Waals surface area contributed by atoms with Gasteiger partial charge in [-0.15, -0.1) is 5.10 Å². The van der Waals surface area contributed by atoms with Crippen LogP contribution in [0.3, 0.4) is 0 Å². The van der Waals surface area contributed by atoms with Crippen LogP contribution < -0.4 is 4.74 Å². The van der Waals surface area contributed by atoms with Crippen molar-refractivity contribution in [2.75, 3.05) is 7.11 Å². The molecule has 22 heavy (non-hydrogen) atoms. The minimum Gasteiger partial charge on any atom is -0.494 e. The van der Waals surface area contributed by atoms with Gasteiger partial charge in [0.2, 0.25) is 0 Å². The Morgan fingerprint density at radius 3 is 2.73 bits per heavy atom. The quantitative estimate of drug-likeness (QED) is 0.693. The van der Waals surface area contributed by atoms with E-state index in [1.807, 2.05) is 36.4 Å². The highest BCUT2D eigenvalue weighted by atomic mass is 35.5. The van der Waals surface area contributed by atoms with Gasteiger partial charge in [-0.1, -0.05) is 41.1 Å². The molecule has 0 saturated carbocycles. The van der Waals surface area contributed by atoms with Crippen LogP contribution in [0.4, 0.5) is 0 Å². The van der Waals surface area contributed by atoms with Crippen molar-refractivity contribution in [2.45, 2.75) is 0 Å². The lowest BCUT2D eigenvalue weighted by Crippen LogP contribution is -2.02. The molecule has 0 aliphatic rings. The second-order valence-electron chi connectivity index (χ2n) is 4.54. The summed E-state index contributed by atoms with van der Waals surface area (Å²) in [7, 11) is 1.58. The molecule has 2 aromatic carbocycles. The van der Waals surface area contributed by atoms with E-state index in [0.717, 1.165) is 5.56 Å². The average Bonchev–Trinajstić information content (AvgIpc) is 2.98. The fourth-order valence-electron chi connectivity index (χ4n) is 2.25. The highest BCUT2D eigenvalue weighted by Crippen LogP contribution is 2.30. The Morgan fingerprint density at radius 1 is 1.18 bits per heavy atom. The molecule has 0 bridgehead atoms.